The average molecular weight is 384 g/mol. The van der Waals surface area contributed by atoms with Gasteiger partial charge in [0.25, 0.3) is 0 Å². The van der Waals surface area contributed by atoms with Gasteiger partial charge in [0, 0.05) is 43.1 Å². The summed E-state index contributed by atoms with van der Waals surface area (Å²) in [5.74, 6) is 1.56. The van der Waals surface area contributed by atoms with Crippen molar-refractivity contribution in [3.05, 3.63) is 48.0 Å². The third-order valence-electron chi connectivity index (χ3n) is 5.04. The minimum absolute atomic E-state index is 0.389. The highest BCUT2D eigenvalue weighted by molar-refractivity contribution is 7.80. The lowest BCUT2D eigenvalue weighted by molar-refractivity contribution is 0.171. The largest absolute Gasteiger partial charge is 0.486 e. The topological polar surface area (TPSA) is 37.0 Å². The van der Waals surface area contributed by atoms with E-state index in [-0.39, 0.29) is 0 Å². The minimum Gasteiger partial charge on any atom is -0.486 e. The highest BCUT2D eigenvalue weighted by atomic mass is 32.1. The molecule has 1 atom stereocenters. The third-order valence-corrected chi connectivity index (χ3v) is 5.40. The van der Waals surface area contributed by atoms with Crippen LogP contribution in [0.5, 0.6) is 11.5 Å². The van der Waals surface area contributed by atoms with Crippen molar-refractivity contribution in [2.45, 2.75) is 19.9 Å². The molecule has 2 aliphatic heterocycles. The Morgan fingerprint density at radius 1 is 1.07 bits per heavy atom. The molecule has 2 aliphatic rings. The molecular weight excluding hydrogens is 358 g/mol. The van der Waals surface area contributed by atoms with E-state index >= 15 is 0 Å². The Bertz CT molecular complexity index is 842. The zero-order valence-electron chi connectivity index (χ0n) is 15.8. The molecule has 2 aromatic carbocycles. The zero-order valence-corrected chi connectivity index (χ0v) is 16.6. The summed E-state index contributed by atoms with van der Waals surface area (Å²) in [5.41, 5.74) is 3.50. The van der Waals surface area contributed by atoms with Crippen molar-refractivity contribution in [3.8, 4) is 11.5 Å². The number of benzene rings is 2. The van der Waals surface area contributed by atoms with Crippen molar-refractivity contribution in [2.75, 3.05) is 43.1 Å². The number of hydrogen-bond acceptors (Lipinski definition) is 4. The van der Waals surface area contributed by atoms with Crippen molar-refractivity contribution in [1.82, 2.24) is 4.90 Å². The first-order valence-electron chi connectivity index (χ1n) is 9.39. The fourth-order valence-electron chi connectivity index (χ4n) is 3.66. The van der Waals surface area contributed by atoms with Crippen LogP contribution >= 0.6 is 12.2 Å². The van der Waals surface area contributed by atoms with Crippen molar-refractivity contribution in [1.29, 1.82) is 0 Å². The summed E-state index contributed by atoms with van der Waals surface area (Å²) in [5, 5.41) is 4.10. The number of nitrogens with one attached hydrogen (secondary N) is 1. The molecule has 0 aliphatic carbocycles. The van der Waals surface area contributed by atoms with Gasteiger partial charge in [0.15, 0.2) is 16.6 Å². The highest BCUT2D eigenvalue weighted by Crippen LogP contribution is 2.32. The molecular formula is C21H25N3O2S. The second kappa shape index (κ2) is 7.64. The van der Waals surface area contributed by atoms with Crippen LogP contribution in [-0.2, 0) is 0 Å². The van der Waals surface area contributed by atoms with Gasteiger partial charge in [0.2, 0.25) is 0 Å². The predicted octanol–water partition coefficient (Wildman–Crippen LogP) is 3.67. The lowest BCUT2D eigenvalue weighted by Gasteiger charge is -2.42. The number of aryl methyl sites for hydroxylation is 1. The summed E-state index contributed by atoms with van der Waals surface area (Å²) < 4.78 is 11.2. The molecule has 0 amide bonds. The molecule has 2 aromatic rings. The third kappa shape index (κ3) is 3.95. The Balaban J connectivity index is 1.39. The number of hydrogen-bond donors (Lipinski definition) is 1. The van der Waals surface area contributed by atoms with Gasteiger partial charge in [-0.25, -0.2) is 0 Å². The predicted molar refractivity (Wildman–Crippen MR) is 113 cm³/mol. The van der Waals surface area contributed by atoms with Crippen molar-refractivity contribution in [2.24, 2.45) is 0 Å². The average Bonchev–Trinajstić information content (AvgIpc) is 2.67. The molecule has 6 heteroatoms. The fraction of sp³-hybridized carbons (Fsp3) is 0.381. The molecule has 0 aromatic heterocycles. The number of fused-ring (bicyclic) bond motifs is 1. The lowest BCUT2D eigenvalue weighted by Crippen LogP contribution is -2.54. The molecule has 1 saturated heterocycles. The SMILES string of the molecule is Cc1cccc(N2CCN(C(=S)Nc3ccc4c(c3)OCCO4)C[C@@H]2C)c1. The number of rotatable bonds is 2. The van der Waals surface area contributed by atoms with Crippen LogP contribution in [0.15, 0.2) is 42.5 Å². The van der Waals surface area contributed by atoms with Crippen LogP contribution in [0.25, 0.3) is 0 Å². The summed E-state index contributed by atoms with van der Waals surface area (Å²) in [6, 6.07) is 14.9. The van der Waals surface area contributed by atoms with E-state index in [1.165, 1.54) is 11.3 Å². The van der Waals surface area contributed by atoms with E-state index in [0.717, 1.165) is 41.9 Å². The van der Waals surface area contributed by atoms with Gasteiger partial charge in [-0.2, -0.15) is 0 Å². The number of nitrogens with zero attached hydrogens (tertiary/aromatic N) is 2. The Kier molecular flexibility index (Phi) is 5.07. The quantitative estimate of drug-likeness (QED) is 0.798. The van der Waals surface area contributed by atoms with Gasteiger partial charge >= 0.3 is 0 Å². The minimum atomic E-state index is 0.389. The molecule has 0 unspecified atom stereocenters. The number of anilines is 2. The first kappa shape index (κ1) is 17.9. The Hall–Kier alpha value is -2.47. The van der Waals surface area contributed by atoms with Gasteiger partial charge in [-0.05, 0) is 55.9 Å². The van der Waals surface area contributed by atoms with Gasteiger partial charge in [-0.15, -0.1) is 0 Å². The van der Waals surface area contributed by atoms with Gasteiger partial charge in [-0.3, -0.25) is 0 Å². The normalized spacial score (nSPS) is 19.0. The fourth-order valence-corrected chi connectivity index (χ4v) is 3.94. The maximum Gasteiger partial charge on any atom is 0.173 e. The van der Waals surface area contributed by atoms with Crippen LogP contribution in [-0.4, -0.2) is 48.9 Å². The monoisotopic (exact) mass is 383 g/mol. The van der Waals surface area contributed by atoms with E-state index in [2.05, 4.69) is 53.2 Å². The standard InChI is InChI=1S/C21H25N3O2S/c1-15-4-3-5-18(12-15)24-9-8-23(14-16(24)2)21(27)22-17-6-7-19-20(13-17)26-11-10-25-19/h3-7,12-13,16H,8-11,14H2,1-2H3,(H,22,27)/t16-/m0/s1. The first-order chi connectivity index (χ1) is 13.1. The highest BCUT2D eigenvalue weighted by Gasteiger charge is 2.25. The molecule has 0 spiro atoms. The van der Waals surface area contributed by atoms with E-state index in [9.17, 15) is 0 Å². The maximum atomic E-state index is 5.66. The van der Waals surface area contributed by atoms with Crippen LogP contribution in [0.3, 0.4) is 0 Å². The van der Waals surface area contributed by atoms with Crippen molar-refractivity contribution in [3.63, 3.8) is 0 Å². The second-order valence-corrected chi connectivity index (χ2v) is 7.50. The summed E-state index contributed by atoms with van der Waals surface area (Å²) in [6.07, 6.45) is 0. The van der Waals surface area contributed by atoms with Crippen LogP contribution in [0.4, 0.5) is 11.4 Å². The Labute approximate surface area is 165 Å². The van der Waals surface area contributed by atoms with Crippen LogP contribution < -0.4 is 19.7 Å². The van der Waals surface area contributed by atoms with E-state index in [1.807, 2.05) is 18.2 Å². The Morgan fingerprint density at radius 2 is 1.89 bits per heavy atom. The van der Waals surface area contributed by atoms with E-state index in [0.29, 0.717) is 19.3 Å². The first-order valence-corrected chi connectivity index (χ1v) is 9.80. The molecule has 0 bridgehead atoms. The van der Waals surface area contributed by atoms with Crippen LogP contribution in [0, 0.1) is 6.92 Å². The van der Waals surface area contributed by atoms with Crippen LogP contribution in [0.1, 0.15) is 12.5 Å². The van der Waals surface area contributed by atoms with E-state index in [4.69, 9.17) is 21.7 Å². The second-order valence-electron chi connectivity index (χ2n) is 7.12. The molecule has 1 N–H and O–H groups in total. The van der Waals surface area contributed by atoms with Gasteiger partial charge < -0.3 is 24.6 Å². The maximum absolute atomic E-state index is 5.66. The summed E-state index contributed by atoms with van der Waals surface area (Å²) >= 11 is 5.66. The number of ether oxygens (including phenoxy) is 2. The van der Waals surface area contributed by atoms with Gasteiger partial charge in [0.05, 0.1) is 0 Å². The smallest absolute Gasteiger partial charge is 0.173 e. The van der Waals surface area contributed by atoms with Crippen LogP contribution in [0.2, 0.25) is 0 Å². The molecule has 0 saturated carbocycles. The van der Waals surface area contributed by atoms with Gasteiger partial charge in [0.1, 0.15) is 13.2 Å². The van der Waals surface area contributed by atoms with E-state index < -0.39 is 0 Å². The molecule has 1 fully saturated rings. The molecule has 4 rings (SSSR count). The zero-order chi connectivity index (χ0) is 18.8. The molecule has 0 radical (unpaired) electrons. The number of thiocarbonyl (C=S) groups is 1. The summed E-state index contributed by atoms with van der Waals surface area (Å²) in [6.45, 7) is 8.31. The van der Waals surface area contributed by atoms with E-state index in [1.54, 1.807) is 0 Å². The number of piperazine rings is 1. The molecule has 2 heterocycles. The summed E-state index contributed by atoms with van der Waals surface area (Å²) in [7, 11) is 0. The van der Waals surface area contributed by atoms with Crippen molar-refractivity contribution >= 4 is 28.7 Å². The Morgan fingerprint density at radius 3 is 2.67 bits per heavy atom. The lowest BCUT2D eigenvalue weighted by atomic mass is 10.1. The molecule has 27 heavy (non-hydrogen) atoms. The molecule has 5 nitrogen and oxygen atoms in total. The summed E-state index contributed by atoms with van der Waals surface area (Å²) in [4.78, 5) is 4.69. The van der Waals surface area contributed by atoms with Gasteiger partial charge in [-0.1, -0.05) is 12.1 Å². The van der Waals surface area contributed by atoms with Crippen molar-refractivity contribution < 1.29 is 9.47 Å². The molecule has 142 valence electrons.